The molecule has 0 bridgehead atoms. The van der Waals surface area contributed by atoms with Crippen LogP contribution in [0, 0.1) is 0 Å². The molecule has 150 valence electrons. The molecule has 0 saturated heterocycles. The first-order valence-electron chi connectivity index (χ1n) is 9.64. The van der Waals surface area contributed by atoms with Gasteiger partial charge in [0, 0.05) is 17.3 Å². The van der Waals surface area contributed by atoms with Gasteiger partial charge in [0.2, 0.25) is 6.79 Å². The van der Waals surface area contributed by atoms with Crippen LogP contribution >= 0.6 is 0 Å². The summed E-state index contributed by atoms with van der Waals surface area (Å²) in [5.41, 5.74) is 3.07. The van der Waals surface area contributed by atoms with Gasteiger partial charge in [-0.25, -0.2) is 0 Å². The van der Waals surface area contributed by atoms with Crippen molar-refractivity contribution < 1.29 is 19.0 Å². The predicted molar refractivity (Wildman–Crippen MR) is 115 cm³/mol. The molecular formula is C24H20N2O4. The number of methoxy groups -OCH3 is 1. The number of para-hydroxylation sites is 2. The monoisotopic (exact) mass is 400 g/mol. The lowest BCUT2D eigenvalue weighted by molar-refractivity contribution is 0.0980. The third-order valence-corrected chi connectivity index (χ3v) is 5.19. The van der Waals surface area contributed by atoms with Crippen LogP contribution in [0.1, 0.15) is 15.9 Å². The van der Waals surface area contributed by atoms with E-state index in [1.807, 2.05) is 78.9 Å². The maximum atomic E-state index is 13.4. The number of hydrogen-bond acceptors (Lipinski definition) is 5. The van der Waals surface area contributed by atoms with E-state index in [0.29, 0.717) is 17.1 Å². The molecule has 5 rings (SSSR count). The molecule has 30 heavy (non-hydrogen) atoms. The maximum absolute atomic E-state index is 13.4. The normalized spacial score (nSPS) is 17.0. The molecule has 1 atom stereocenters. The SMILES string of the molecule is COc1ccccc1/C=C/[C@H]1Nc2ccccc2C(=O)N1c1ccc2c(c1)OCO2. The summed E-state index contributed by atoms with van der Waals surface area (Å²) in [5, 5.41) is 3.46. The summed E-state index contributed by atoms with van der Waals surface area (Å²) in [6, 6.07) is 20.8. The fraction of sp³-hybridized carbons (Fsp3) is 0.125. The number of carbonyl (C=O) groups is 1. The number of fused-ring (bicyclic) bond motifs is 2. The van der Waals surface area contributed by atoms with Gasteiger partial charge in [0.15, 0.2) is 11.5 Å². The van der Waals surface area contributed by atoms with Gasteiger partial charge in [-0.05, 0) is 36.4 Å². The lowest BCUT2D eigenvalue weighted by atomic mass is 10.1. The standard InChI is InChI=1S/C24H20N2O4/c1-28-20-9-5-2-6-16(20)10-13-23-25-19-8-4-3-7-18(19)24(27)26(23)17-11-12-21-22(14-17)30-15-29-21/h2-14,23,25H,15H2,1H3/b13-10+/t23-/m0/s1. The molecule has 2 aliphatic heterocycles. The van der Waals surface area contributed by atoms with Crippen molar-refractivity contribution in [3.63, 3.8) is 0 Å². The molecule has 1 amide bonds. The molecule has 0 saturated carbocycles. The van der Waals surface area contributed by atoms with Crippen molar-refractivity contribution in [2.24, 2.45) is 0 Å². The summed E-state index contributed by atoms with van der Waals surface area (Å²) in [6.07, 6.45) is 3.52. The van der Waals surface area contributed by atoms with Gasteiger partial charge in [-0.15, -0.1) is 0 Å². The van der Waals surface area contributed by atoms with Crippen molar-refractivity contribution in [3.05, 3.63) is 83.9 Å². The van der Waals surface area contributed by atoms with Gasteiger partial charge in [-0.1, -0.05) is 36.4 Å². The van der Waals surface area contributed by atoms with Crippen molar-refractivity contribution in [2.75, 3.05) is 24.1 Å². The number of ether oxygens (including phenoxy) is 3. The highest BCUT2D eigenvalue weighted by Crippen LogP contribution is 2.38. The lowest BCUT2D eigenvalue weighted by Gasteiger charge is -2.36. The number of nitrogens with one attached hydrogen (secondary N) is 1. The van der Waals surface area contributed by atoms with Crippen molar-refractivity contribution >= 4 is 23.4 Å². The Labute approximate surface area is 174 Å². The number of amides is 1. The van der Waals surface area contributed by atoms with Crippen LogP contribution in [0.15, 0.2) is 72.8 Å². The summed E-state index contributed by atoms with van der Waals surface area (Å²) in [6.45, 7) is 0.185. The average Bonchev–Trinajstić information content (AvgIpc) is 3.26. The van der Waals surface area contributed by atoms with Gasteiger partial charge in [0.25, 0.3) is 5.91 Å². The van der Waals surface area contributed by atoms with Gasteiger partial charge < -0.3 is 19.5 Å². The molecule has 2 aliphatic rings. The molecule has 0 spiro atoms. The Morgan fingerprint density at radius 3 is 2.73 bits per heavy atom. The van der Waals surface area contributed by atoms with Crippen LogP contribution < -0.4 is 24.4 Å². The number of hydrogen-bond donors (Lipinski definition) is 1. The van der Waals surface area contributed by atoms with Crippen LogP contribution in [0.5, 0.6) is 17.2 Å². The van der Waals surface area contributed by atoms with E-state index in [1.54, 1.807) is 12.0 Å². The molecule has 0 aliphatic carbocycles. The zero-order chi connectivity index (χ0) is 20.5. The molecule has 0 aromatic heterocycles. The molecule has 3 aromatic carbocycles. The average molecular weight is 400 g/mol. The largest absolute Gasteiger partial charge is 0.496 e. The second kappa shape index (κ2) is 7.48. The highest BCUT2D eigenvalue weighted by molar-refractivity contribution is 6.12. The zero-order valence-electron chi connectivity index (χ0n) is 16.4. The number of carbonyl (C=O) groups excluding carboxylic acids is 1. The first kappa shape index (κ1) is 18.1. The first-order valence-corrected chi connectivity index (χ1v) is 9.64. The Hall–Kier alpha value is -3.93. The van der Waals surface area contributed by atoms with Gasteiger partial charge in [0.1, 0.15) is 11.9 Å². The summed E-state index contributed by atoms with van der Waals surface area (Å²) in [7, 11) is 1.64. The molecule has 0 unspecified atom stereocenters. The Morgan fingerprint density at radius 2 is 1.83 bits per heavy atom. The minimum atomic E-state index is -0.391. The summed E-state index contributed by atoms with van der Waals surface area (Å²) < 4.78 is 16.4. The minimum absolute atomic E-state index is 0.0853. The second-order valence-electron chi connectivity index (χ2n) is 6.95. The highest BCUT2D eigenvalue weighted by atomic mass is 16.7. The number of benzene rings is 3. The van der Waals surface area contributed by atoms with Crippen LogP contribution in [0.2, 0.25) is 0 Å². The van der Waals surface area contributed by atoms with E-state index < -0.39 is 6.17 Å². The Morgan fingerprint density at radius 1 is 1.03 bits per heavy atom. The van der Waals surface area contributed by atoms with Crippen molar-refractivity contribution in [3.8, 4) is 17.2 Å². The van der Waals surface area contributed by atoms with Gasteiger partial charge >= 0.3 is 0 Å². The van der Waals surface area contributed by atoms with E-state index in [2.05, 4.69) is 5.32 Å². The molecular weight excluding hydrogens is 380 g/mol. The molecule has 6 heteroatoms. The molecule has 0 radical (unpaired) electrons. The van der Waals surface area contributed by atoms with E-state index >= 15 is 0 Å². The van der Waals surface area contributed by atoms with Gasteiger partial charge in [-0.3, -0.25) is 9.69 Å². The lowest BCUT2D eigenvalue weighted by Crippen LogP contribution is -2.48. The summed E-state index contributed by atoms with van der Waals surface area (Å²) >= 11 is 0. The van der Waals surface area contributed by atoms with Crippen LogP contribution in [0.4, 0.5) is 11.4 Å². The van der Waals surface area contributed by atoms with E-state index in [1.165, 1.54) is 0 Å². The summed E-state index contributed by atoms with van der Waals surface area (Å²) in [5.74, 6) is 1.99. The topological polar surface area (TPSA) is 60.0 Å². The van der Waals surface area contributed by atoms with Crippen LogP contribution in [-0.4, -0.2) is 26.0 Å². The highest BCUT2D eigenvalue weighted by Gasteiger charge is 2.32. The molecule has 6 nitrogen and oxygen atoms in total. The third kappa shape index (κ3) is 3.12. The summed E-state index contributed by atoms with van der Waals surface area (Å²) in [4.78, 5) is 15.1. The van der Waals surface area contributed by atoms with Gasteiger partial charge in [-0.2, -0.15) is 0 Å². The van der Waals surface area contributed by atoms with E-state index in [-0.39, 0.29) is 12.7 Å². The van der Waals surface area contributed by atoms with E-state index in [9.17, 15) is 4.79 Å². The quantitative estimate of drug-likeness (QED) is 0.697. The van der Waals surface area contributed by atoms with Crippen molar-refractivity contribution in [2.45, 2.75) is 6.17 Å². The number of anilines is 2. The minimum Gasteiger partial charge on any atom is -0.496 e. The van der Waals surface area contributed by atoms with Gasteiger partial charge in [0.05, 0.1) is 18.4 Å². The Balaban J connectivity index is 1.56. The fourth-order valence-corrected chi connectivity index (χ4v) is 3.72. The molecule has 0 fully saturated rings. The van der Waals surface area contributed by atoms with Crippen LogP contribution in [-0.2, 0) is 0 Å². The molecule has 1 N–H and O–H groups in total. The Bertz CT molecular complexity index is 1140. The number of nitrogens with zero attached hydrogens (tertiary/aromatic N) is 1. The fourth-order valence-electron chi connectivity index (χ4n) is 3.72. The molecule has 2 heterocycles. The smallest absolute Gasteiger partial charge is 0.262 e. The van der Waals surface area contributed by atoms with E-state index in [0.717, 1.165) is 22.7 Å². The van der Waals surface area contributed by atoms with E-state index in [4.69, 9.17) is 14.2 Å². The Kier molecular flexibility index (Phi) is 4.52. The number of rotatable bonds is 4. The van der Waals surface area contributed by atoms with Crippen LogP contribution in [0.3, 0.4) is 0 Å². The molecule has 3 aromatic rings. The van der Waals surface area contributed by atoms with Crippen molar-refractivity contribution in [1.29, 1.82) is 0 Å². The second-order valence-corrected chi connectivity index (χ2v) is 6.95. The maximum Gasteiger partial charge on any atom is 0.262 e. The zero-order valence-corrected chi connectivity index (χ0v) is 16.4. The third-order valence-electron chi connectivity index (χ3n) is 5.19. The van der Waals surface area contributed by atoms with Crippen molar-refractivity contribution in [1.82, 2.24) is 0 Å². The van der Waals surface area contributed by atoms with Crippen LogP contribution in [0.25, 0.3) is 6.08 Å². The first-order chi connectivity index (χ1) is 14.7. The predicted octanol–water partition coefficient (Wildman–Crippen LogP) is 4.54.